The highest BCUT2D eigenvalue weighted by molar-refractivity contribution is 6.29. The fourth-order valence-corrected chi connectivity index (χ4v) is 3.86. The van der Waals surface area contributed by atoms with Crippen LogP contribution in [0.5, 0.6) is 0 Å². The van der Waals surface area contributed by atoms with E-state index in [1.54, 1.807) is 24.1 Å². The zero-order valence-electron chi connectivity index (χ0n) is 17.9. The molecule has 8 heteroatoms. The van der Waals surface area contributed by atoms with E-state index in [0.29, 0.717) is 48.9 Å². The van der Waals surface area contributed by atoms with Gasteiger partial charge in [-0.15, -0.1) is 0 Å². The molecular weight excluding hydrogens is 406 g/mol. The Hall–Kier alpha value is -2.41. The molecule has 1 aliphatic rings. The number of aromatic nitrogens is 2. The molecule has 1 unspecified atom stereocenters. The van der Waals surface area contributed by atoms with Gasteiger partial charge in [-0.3, -0.25) is 9.78 Å². The molecular formula is C22H28ClN3O4. The number of likely N-dealkylation sites (tertiary alicyclic amines) is 1. The van der Waals surface area contributed by atoms with E-state index < -0.39 is 11.5 Å². The third-order valence-corrected chi connectivity index (χ3v) is 5.29. The van der Waals surface area contributed by atoms with Crippen molar-refractivity contribution in [2.75, 3.05) is 19.7 Å². The maximum Gasteiger partial charge on any atom is 0.410 e. The van der Waals surface area contributed by atoms with Gasteiger partial charge >= 0.3 is 12.1 Å². The number of pyridine rings is 2. The molecule has 1 amide bonds. The quantitative estimate of drug-likeness (QED) is 0.518. The molecule has 30 heavy (non-hydrogen) atoms. The van der Waals surface area contributed by atoms with Crippen LogP contribution in [0, 0.1) is 5.92 Å². The van der Waals surface area contributed by atoms with Crippen molar-refractivity contribution in [3.8, 4) is 0 Å². The van der Waals surface area contributed by atoms with Gasteiger partial charge in [0.1, 0.15) is 16.7 Å². The van der Waals surface area contributed by atoms with Crippen LogP contribution in [-0.2, 0) is 14.3 Å². The molecule has 0 radical (unpaired) electrons. The minimum absolute atomic E-state index is 0.0185. The van der Waals surface area contributed by atoms with E-state index >= 15 is 0 Å². The Morgan fingerprint density at radius 1 is 1.27 bits per heavy atom. The lowest BCUT2D eigenvalue weighted by atomic mass is 9.82. The van der Waals surface area contributed by atoms with Crippen LogP contribution in [0.3, 0.4) is 0 Å². The number of halogens is 1. The van der Waals surface area contributed by atoms with Crippen molar-refractivity contribution in [2.45, 2.75) is 52.1 Å². The summed E-state index contributed by atoms with van der Waals surface area (Å²) < 4.78 is 10.8. The van der Waals surface area contributed by atoms with Crippen molar-refractivity contribution < 1.29 is 19.1 Å². The first-order valence-electron chi connectivity index (χ1n) is 10.2. The average molecular weight is 434 g/mol. The lowest BCUT2D eigenvalue weighted by Gasteiger charge is -2.35. The maximum atomic E-state index is 12.8. The molecule has 1 fully saturated rings. The standard InChI is InChI=1S/C22H28ClN3O4/c1-5-29-20(27)19(16-7-6-15-13-24-18(23)12-17(15)25-16)14-8-10-26(11-9-14)21(28)30-22(2,3)4/h6-7,12-14,19H,5,8-11H2,1-4H3. The van der Waals surface area contributed by atoms with Gasteiger partial charge in [0.2, 0.25) is 0 Å². The smallest absolute Gasteiger partial charge is 0.410 e. The van der Waals surface area contributed by atoms with Gasteiger partial charge < -0.3 is 14.4 Å². The summed E-state index contributed by atoms with van der Waals surface area (Å²) in [5, 5.41) is 1.20. The highest BCUT2D eigenvalue weighted by atomic mass is 35.5. The van der Waals surface area contributed by atoms with E-state index in [1.807, 2.05) is 32.9 Å². The summed E-state index contributed by atoms with van der Waals surface area (Å²) in [6.45, 7) is 8.69. The molecule has 2 aromatic heterocycles. The largest absolute Gasteiger partial charge is 0.465 e. The third-order valence-electron chi connectivity index (χ3n) is 5.08. The minimum atomic E-state index is -0.535. The summed E-state index contributed by atoms with van der Waals surface area (Å²) in [5.74, 6) is -0.771. The number of amides is 1. The van der Waals surface area contributed by atoms with Crippen molar-refractivity contribution in [1.29, 1.82) is 0 Å². The number of rotatable bonds is 4. The second kappa shape index (κ2) is 9.16. The Morgan fingerprint density at radius 2 is 1.97 bits per heavy atom. The number of carbonyl (C=O) groups excluding carboxylic acids is 2. The highest BCUT2D eigenvalue weighted by Gasteiger charge is 2.36. The lowest BCUT2D eigenvalue weighted by molar-refractivity contribution is -0.147. The van der Waals surface area contributed by atoms with Gasteiger partial charge in [-0.05, 0) is 58.6 Å². The number of carbonyl (C=O) groups is 2. The summed E-state index contributed by atoms with van der Waals surface area (Å²) >= 11 is 6.01. The normalized spacial score (nSPS) is 16.4. The average Bonchev–Trinajstić information content (AvgIpc) is 2.67. The highest BCUT2D eigenvalue weighted by Crippen LogP contribution is 2.34. The van der Waals surface area contributed by atoms with Crippen LogP contribution in [0.4, 0.5) is 4.79 Å². The summed E-state index contributed by atoms with van der Waals surface area (Å²) in [4.78, 5) is 35.7. The predicted molar refractivity (Wildman–Crippen MR) is 114 cm³/mol. The fourth-order valence-electron chi connectivity index (χ4n) is 3.71. The SMILES string of the molecule is CCOC(=O)C(c1ccc2cnc(Cl)cc2n1)C1CCN(C(=O)OC(C)(C)C)CC1. The van der Waals surface area contributed by atoms with E-state index in [0.717, 1.165) is 5.39 Å². The summed E-state index contributed by atoms with van der Waals surface area (Å²) in [6.07, 6.45) is 2.67. The van der Waals surface area contributed by atoms with Crippen molar-refractivity contribution in [3.63, 3.8) is 0 Å². The third kappa shape index (κ3) is 5.39. The number of ether oxygens (including phenoxy) is 2. The van der Waals surface area contributed by atoms with Crippen LogP contribution >= 0.6 is 11.6 Å². The van der Waals surface area contributed by atoms with E-state index in [9.17, 15) is 9.59 Å². The molecule has 1 atom stereocenters. The number of nitrogens with zero attached hydrogens (tertiary/aromatic N) is 3. The summed E-state index contributed by atoms with van der Waals surface area (Å²) in [5.41, 5.74) is 0.805. The number of hydrogen-bond donors (Lipinski definition) is 0. The molecule has 7 nitrogen and oxygen atoms in total. The van der Waals surface area contributed by atoms with Gasteiger partial charge in [0.05, 0.1) is 17.8 Å². The van der Waals surface area contributed by atoms with Gasteiger partial charge in [-0.25, -0.2) is 9.78 Å². The first-order chi connectivity index (χ1) is 14.2. The second-order valence-corrected chi connectivity index (χ2v) is 8.86. The number of hydrogen-bond acceptors (Lipinski definition) is 6. The predicted octanol–water partition coefficient (Wildman–Crippen LogP) is 4.58. The molecule has 0 aliphatic carbocycles. The minimum Gasteiger partial charge on any atom is -0.465 e. The van der Waals surface area contributed by atoms with Crippen molar-refractivity contribution in [2.24, 2.45) is 5.92 Å². The molecule has 0 saturated carbocycles. The number of fused-ring (bicyclic) bond motifs is 1. The first-order valence-corrected chi connectivity index (χ1v) is 10.6. The number of piperidine rings is 1. The van der Waals surface area contributed by atoms with Crippen LogP contribution in [0.15, 0.2) is 24.4 Å². The Labute approximate surface area is 181 Å². The van der Waals surface area contributed by atoms with Crippen LogP contribution in [0.2, 0.25) is 5.15 Å². The molecule has 2 aromatic rings. The Morgan fingerprint density at radius 3 is 2.60 bits per heavy atom. The van der Waals surface area contributed by atoms with Crippen LogP contribution < -0.4 is 0 Å². The second-order valence-electron chi connectivity index (χ2n) is 8.47. The van der Waals surface area contributed by atoms with Crippen molar-refractivity contribution in [3.05, 3.63) is 35.2 Å². The molecule has 162 valence electrons. The van der Waals surface area contributed by atoms with Crippen LogP contribution in [0.1, 0.15) is 52.1 Å². The topological polar surface area (TPSA) is 81.6 Å². The van der Waals surface area contributed by atoms with Gasteiger partial charge in [0, 0.05) is 30.7 Å². The monoisotopic (exact) mass is 433 g/mol. The zero-order valence-corrected chi connectivity index (χ0v) is 18.6. The van der Waals surface area contributed by atoms with Gasteiger partial charge in [0.25, 0.3) is 0 Å². The van der Waals surface area contributed by atoms with Crippen molar-refractivity contribution >= 4 is 34.6 Å². The number of esters is 1. The summed E-state index contributed by atoms with van der Waals surface area (Å²) in [7, 11) is 0. The molecule has 0 spiro atoms. The summed E-state index contributed by atoms with van der Waals surface area (Å²) in [6, 6.07) is 5.43. The van der Waals surface area contributed by atoms with E-state index in [-0.39, 0.29) is 18.0 Å². The first kappa shape index (κ1) is 22.3. The Kier molecular flexibility index (Phi) is 6.81. The molecule has 3 rings (SSSR count). The Balaban J connectivity index is 1.80. The molecule has 3 heterocycles. The van der Waals surface area contributed by atoms with E-state index in [1.165, 1.54) is 0 Å². The fraction of sp³-hybridized carbons (Fsp3) is 0.545. The van der Waals surface area contributed by atoms with E-state index in [2.05, 4.69) is 9.97 Å². The molecule has 1 aliphatic heterocycles. The molecule has 0 N–H and O–H groups in total. The van der Waals surface area contributed by atoms with Gasteiger partial charge in [-0.1, -0.05) is 11.6 Å². The Bertz CT molecular complexity index is 920. The molecule has 1 saturated heterocycles. The van der Waals surface area contributed by atoms with Gasteiger partial charge in [0.15, 0.2) is 0 Å². The maximum absolute atomic E-state index is 12.8. The van der Waals surface area contributed by atoms with Gasteiger partial charge in [-0.2, -0.15) is 0 Å². The van der Waals surface area contributed by atoms with Crippen LogP contribution in [0.25, 0.3) is 10.9 Å². The lowest BCUT2D eigenvalue weighted by Crippen LogP contribution is -2.43. The molecule has 0 bridgehead atoms. The van der Waals surface area contributed by atoms with E-state index in [4.69, 9.17) is 21.1 Å². The zero-order chi connectivity index (χ0) is 21.9. The molecule has 0 aromatic carbocycles. The van der Waals surface area contributed by atoms with Crippen molar-refractivity contribution in [1.82, 2.24) is 14.9 Å². The van der Waals surface area contributed by atoms with Crippen LogP contribution in [-0.4, -0.2) is 52.2 Å².